The van der Waals surface area contributed by atoms with E-state index in [9.17, 15) is 45.2 Å². The molecule has 20 heteroatoms. The number of sulfonamides is 1. The summed E-state index contributed by atoms with van der Waals surface area (Å²) in [6, 6.07) is 2.28. The van der Waals surface area contributed by atoms with Crippen LogP contribution in [-0.4, -0.2) is 109 Å². The van der Waals surface area contributed by atoms with Crippen molar-refractivity contribution in [2.75, 3.05) is 26.4 Å². The van der Waals surface area contributed by atoms with Gasteiger partial charge in [-0.2, -0.15) is 13.2 Å². The molecule has 1 aromatic carbocycles. The number of nitrogens with zero attached hydrogens (tertiary/aromatic N) is 2. The van der Waals surface area contributed by atoms with Crippen LogP contribution in [0.25, 0.3) is 10.8 Å². The molecule has 1 aromatic heterocycles. The molecule has 61 heavy (non-hydrogen) atoms. The van der Waals surface area contributed by atoms with Gasteiger partial charge < -0.3 is 34.5 Å². The smallest absolute Gasteiger partial charge is 0.427 e. The second kappa shape index (κ2) is 16.4. The topological polar surface area (TPSA) is 192 Å². The summed E-state index contributed by atoms with van der Waals surface area (Å²) < 4.78 is 105. The van der Waals surface area contributed by atoms with Crippen molar-refractivity contribution in [1.29, 1.82) is 0 Å². The van der Waals surface area contributed by atoms with E-state index in [1.807, 2.05) is 17.7 Å². The third kappa shape index (κ3) is 8.65. The Kier molecular flexibility index (Phi) is 11.9. The summed E-state index contributed by atoms with van der Waals surface area (Å²) in [5.41, 5.74) is -4.69. The van der Waals surface area contributed by atoms with Gasteiger partial charge in [-0.3, -0.25) is 19.1 Å². The molecule has 2 saturated carbocycles. The second-order valence-corrected chi connectivity index (χ2v) is 19.4. The van der Waals surface area contributed by atoms with Crippen molar-refractivity contribution in [3.8, 4) is 17.4 Å². The Hall–Kier alpha value is -4.88. The van der Waals surface area contributed by atoms with Crippen LogP contribution in [0.1, 0.15) is 79.1 Å². The van der Waals surface area contributed by atoms with Crippen LogP contribution in [0.5, 0.6) is 17.4 Å². The molecule has 4 amide bonds. The highest BCUT2D eigenvalue weighted by atomic mass is 32.2. The molecule has 4 heterocycles. The number of nitrogens with one attached hydrogen (secondary N) is 3. The van der Waals surface area contributed by atoms with Gasteiger partial charge >= 0.3 is 12.3 Å². The number of aromatic nitrogens is 1. The second-order valence-electron chi connectivity index (χ2n) is 17.3. The fraction of sp³-hybridized carbons (Fsp3) is 0.634. The Bertz CT molecular complexity index is 2200. The van der Waals surface area contributed by atoms with Crippen LogP contribution in [0.4, 0.5) is 22.4 Å². The SMILES string of the molecule is CC[C@@H]1C[C@H](C)CC/C=C\[C@@H]2C[C@@]2(C(=O)NS(=O)(=O)C2(CF)CC2)NC(=O)[C@@H]2C[C@@H](Oc3nccc4c5c(ccc34)OCCO5)CN2C(=O)[C@H]1NC(=O)OC(C)(C)C(F)(F)F. The Balaban J connectivity index is 1.24. The molecule has 0 radical (unpaired) electrons. The van der Waals surface area contributed by atoms with Crippen LogP contribution in [0, 0.1) is 17.8 Å². The van der Waals surface area contributed by atoms with E-state index >= 15 is 0 Å². The molecule has 3 fully saturated rings. The minimum Gasteiger partial charge on any atom is -0.486 e. The standard InChI is InChI=1S/C41H51F4N5O10S/c1-5-24-18-23(2)8-6-7-9-25-20-40(25,36(53)49-61(55,56)39(22-42)13-14-39)48-33(51)29-19-26(21-50(29)35(52)31(24)47-37(54)60-38(3,4)41(43,44)45)59-34-28-10-11-30-32(58-17-16-57-30)27(28)12-15-46-34/h7,9-12,15,23-26,29,31H,5-6,8,13-14,16-22H2,1-4H3,(H,47,54)(H,48,51)(H,49,53)/b9-7-/t23-,24-,25-,26-,29+,31+,40-/m1/s1. The Morgan fingerprint density at radius 3 is 2.51 bits per heavy atom. The van der Waals surface area contributed by atoms with Gasteiger partial charge in [-0.1, -0.05) is 32.4 Å². The lowest BCUT2D eigenvalue weighted by Gasteiger charge is -2.35. The van der Waals surface area contributed by atoms with Crippen molar-refractivity contribution >= 4 is 44.6 Å². The van der Waals surface area contributed by atoms with Crippen LogP contribution < -0.4 is 29.6 Å². The molecule has 3 N–H and O–H groups in total. The van der Waals surface area contributed by atoms with Gasteiger partial charge in [-0.25, -0.2) is 22.6 Å². The van der Waals surface area contributed by atoms with Crippen molar-refractivity contribution in [2.24, 2.45) is 17.8 Å². The highest BCUT2D eigenvalue weighted by molar-refractivity contribution is 7.91. The zero-order valence-electron chi connectivity index (χ0n) is 34.3. The number of fused-ring (bicyclic) bond motifs is 5. The number of rotatable bonds is 9. The summed E-state index contributed by atoms with van der Waals surface area (Å²) in [5.74, 6) is -2.91. The highest BCUT2D eigenvalue weighted by Gasteiger charge is 2.64. The molecule has 334 valence electrons. The molecule has 15 nitrogen and oxygen atoms in total. The van der Waals surface area contributed by atoms with Crippen molar-refractivity contribution < 1.29 is 64.1 Å². The highest BCUT2D eigenvalue weighted by Crippen LogP contribution is 2.48. The molecule has 7 atom stereocenters. The summed E-state index contributed by atoms with van der Waals surface area (Å²) >= 11 is 0. The molecule has 3 aliphatic heterocycles. The number of halogens is 4. The molecule has 5 aliphatic rings. The predicted octanol–water partition coefficient (Wildman–Crippen LogP) is 5.02. The lowest BCUT2D eigenvalue weighted by molar-refractivity contribution is -0.244. The van der Waals surface area contributed by atoms with E-state index in [1.165, 1.54) is 6.20 Å². The number of carbonyl (C=O) groups excluding carboxylic acids is 4. The Morgan fingerprint density at radius 1 is 1.08 bits per heavy atom. The number of pyridine rings is 1. The predicted molar refractivity (Wildman–Crippen MR) is 211 cm³/mol. The van der Waals surface area contributed by atoms with Gasteiger partial charge in [0, 0.05) is 29.3 Å². The lowest BCUT2D eigenvalue weighted by atomic mass is 9.85. The van der Waals surface area contributed by atoms with Gasteiger partial charge in [-0.15, -0.1) is 0 Å². The van der Waals surface area contributed by atoms with Crippen molar-refractivity contribution in [3.63, 3.8) is 0 Å². The number of allylic oxidation sites excluding steroid dienone is 1. The van der Waals surface area contributed by atoms with E-state index < -0.39 is 92.6 Å². The first-order valence-corrected chi connectivity index (χ1v) is 22.0. The number of amides is 4. The minimum atomic E-state index is -4.94. The number of hydrogen-bond donors (Lipinski definition) is 3. The first-order valence-electron chi connectivity index (χ1n) is 20.6. The molecule has 0 bridgehead atoms. The largest absolute Gasteiger partial charge is 0.486 e. The number of alkyl halides is 4. The molecule has 0 spiro atoms. The summed E-state index contributed by atoms with van der Waals surface area (Å²) in [6.45, 7) is 4.29. The molecular formula is C41H51F4N5O10S. The fourth-order valence-corrected chi connectivity index (χ4v) is 9.83. The normalized spacial score (nSPS) is 29.5. The van der Waals surface area contributed by atoms with Crippen LogP contribution in [0.15, 0.2) is 36.5 Å². The average Bonchev–Trinajstić information content (AvgIpc) is 4.11. The summed E-state index contributed by atoms with van der Waals surface area (Å²) in [5, 5.41) is 6.31. The summed E-state index contributed by atoms with van der Waals surface area (Å²) in [6.07, 6.45) is -0.706. The maximum atomic E-state index is 14.9. The monoisotopic (exact) mass is 881 g/mol. The molecule has 2 aromatic rings. The van der Waals surface area contributed by atoms with Crippen LogP contribution >= 0.6 is 0 Å². The molecule has 1 saturated heterocycles. The van der Waals surface area contributed by atoms with Gasteiger partial charge in [0.15, 0.2) is 11.5 Å². The van der Waals surface area contributed by atoms with Crippen LogP contribution in [0.3, 0.4) is 0 Å². The van der Waals surface area contributed by atoms with E-state index in [1.54, 1.807) is 31.2 Å². The number of alkyl carbamates (subject to hydrolysis) is 1. The number of carbonyl (C=O) groups is 4. The number of ether oxygens (including phenoxy) is 4. The van der Waals surface area contributed by atoms with E-state index in [0.29, 0.717) is 75.0 Å². The maximum Gasteiger partial charge on any atom is 0.427 e. The number of hydrogen-bond acceptors (Lipinski definition) is 11. The van der Waals surface area contributed by atoms with Gasteiger partial charge in [0.1, 0.15) is 48.4 Å². The number of benzene rings is 1. The van der Waals surface area contributed by atoms with E-state index in [4.69, 9.17) is 18.9 Å². The fourth-order valence-electron chi connectivity index (χ4n) is 8.41. The van der Waals surface area contributed by atoms with Gasteiger partial charge in [0.2, 0.25) is 33.3 Å². The third-order valence-corrected chi connectivity index (χ3v) is 14.7. The molecular weight excluding hydrogens is 831 g/mol. The zero-order chi connectivity index (χ0) is 44.1. The molecule has 2 aliphatic carbocycles. The lowest BCUT2D eigenvalue weighted by Crippen LogP contribution is -2.60. The first-order chi connectivity index (χ1) is 28.7. The van der Waals surface area contributed by atoms with Crippen molar-refractivity contribution in [2.45, 2.75) is 119 Å². The van der Waals surface area contributed by atoms with E-state index in [2.05, 4.69) is 15.6 Å². The Morgan fingerprint density at radius 2 is 1.82 bits per heavy atom. The molecule has 0 unspecified atom stereocenters. The summed E-state index contributed by atoms with van der Waals surface area (Å²) in [7, 11) is -4.47. The quantitative estimate of drug-likeness (QED) is 0.227. The zero-order valence-corrected chi connectivity index (χ0v) is 35.1. The summed E-state index contributed by atoms with van der Waals surface area (Å²) in [4.78, 5) is 62.4. The minimum absolute atomic E-state index is 0.00825. The van der Waals surface area contributed by atoms with Gasteiger partial charge in [0.25, 0.3) is 5.91 Å². The van der Waals surface area contributed by atoms with Crippen LogP contribution in [-0.2, 0) is 29.1 Å². The average molecular weight is 882 g/mol. The Labute approximate surface area is 350 Å². The van der Waals surface area contributed by atoms with E-state index in [-0.39, 0.29) is 44.0 Å². The third-order valence-electron chi connectivity index (χ3n) is 12.6. The first kappa shape index (κ1) is 44.2. The van der Waals surface area contributed by atoms with Gasteiger partial charge in [0.05, 0.1) is 6.54 Å². The maximum absolute atomic E-state index is 14.9. The van der Waals surface area contributed by atoms with E-state index in [0.717, 1.165) is 4.90 Å². The molecule has 7 rings (SSSR count). The van der Waals surface area contributed by atoms with Crippen molar-refractivity contribution in [1.82, 2.24) is 25.2 Å². The van der Waals surface area contributed by atoms with Gasteiger partial charge in [-0.05, 0) is 82.4 Å². The van der Waals surface area contributed by atoms with Crippen LogP contribution in [0.2, 0.25) is 0 Å². The van der Waals surface area contributed by atoms with Crippen molar-refractivity contribution in [3.05, 3.63) is 36.5 Å².